The van der Waals surface area contributed by atoms with Gasteiger partial charge in [0.25, 0.3) is 0 Å². The van der Waals surface area contributed by atoms with Crippen molar-refractivity contribution >= 4 is 0 Å². The van der Waals surface area contributed by atoms with Gasteiger partial charge < -0.3 is 9.47 Å². The van der Waals surface area contributed by atoms with Gasteiger partial charge >= 0.3 is 0 Å². The Hall–Kier alpha value is -1.02. The minimum atomic E-state index is 0.755. The molecule has 0 aliphatic carbocycles. The van der Waals surface area contributed by atoms with Gasteiger partial charge in [-0.05, 0) is 36.8 Å². The van der Waals surface area contributed by atoms with Gasteiger partial charge in [0.15, 0.2) is 0 Å². The third-order valence-corrected chi connectivity index (χ3v) is 2.59. The molecule has 0 unspecified atom stereocenters. The van der Waals surface area contributed by atoms with E-state index in [2.05, 4.69) is 32.9 Å². The highest BCUT2D eigenvalue weighted by Crippen LogP contribution is 2.20. The number of hydrogen-bond donors (Lipinski definition) is 0. The van der Waals surface area contributed by atoms with Crippen LogP contribution in [0.2, 0.25) is 0 Å². The fourth-order valence-corrected chi connectivity index (χ4v) is 1.56. The Bertz CT molecular complexity index is 293. The monoisotopic (exact) mass is 252 g/mol. The minimum absolute atomic E-state index is 0.755. The zero-order valence-corrected chi connectivity index (χ0v) is 12.5. The van der Waals surface area contributed by atoms with Crippen LogP contribution < -0.4 is 4.74 Å². The summed E-state index contributed by atoms with van der Waals surface area (Å²) in [6.45, 7) is 7.47. The highest BCUT2D eigenvalue weighted by Gasteiger charge is 2.02. The first-order valence-electron chi connectivity index (χ1n) is 6.76. The maximum Gasteiger partial charge on any atom is 0.122 e. The lowest BCUT2D eigenvalue weighted by Gasteiger charge is -2.09. The quantitative estimate of drug-likeness (QED) is 0.750. The molecule has 0 bridgehead atoms. The van der Waals surface area contributed by atoms with Gasteiger partial charge in [0.1, 0.15) is 5.75 Å². The van der Waals surface area contributed by atoms with Crippen molar-refractivity contribution in [1.29, 1.82) is 0 Å². The molecule has 18 heavy (non-hydrogen) atoms. The van der Waals surface area contributed by atoms with E-state index in [-0.39, 0.29) is 0 Å². The average molecular weight is 252 g/mol. The fourth-order valence-electron chi connectivity index (χ4n) is 1.56. The molecule has 0 amide bonds. The molecule has 0 aliphatic heterocycles. The van der Waals surface area contributed by atoms with E-state index in [9.17, 15) is 0 Å². The minimum Gasteiger partial charge on any atom is -0.496 e. The molecule has 0 aromatic heterocycles. The van der Waals surface area contributed by atoms with Crippen LogP contribution in [-0.2, 0) is 11.2 Å². The van der Waals surface area contributed by atoms with Gasteiger partial charge in [-0.2, -0.15) is 0 Å². The number of rotatable bonds is 6. The second kappa shape index (κ2) is 11.1. The van der Waals surface area contributed by atoms with Gasteiger partial charge in [-0.1, -0.05) is 39.0 Å². The first-order chi connectivity index (χ1) is 8.65. The third-order valence-electron chi connectivity index (χ3n) is 2.59. The van der Waals surface area contributed by atoms with Crippen molar-refractivity contribution in [3.05, 3.63) is 29.8 Å². The van der Waals surface area contributed by atoms with E-state index < -0.39 is 0 Å². The van der Waals surface area contributed by atoms with Gasteiger partial charge in [-0.25, -0.2) is 0 Å². The molecule has 104 valence electrons. The second-order valence-corrected chi connectivity index (χ2v) is 4.74. The highest BCUT2D eigenvalue weighted by atomic mass is 16.5. The molecular weight excluding hydrogens is 224 g/mol. The van der Waals surface area contributed by atoms with E-state index in [4.69, 9.17) is 9.47 Å². The van der Waals surface area contributed by atoms with Crippen LogP contribution in [0.3, 0.4) is 0 Å². The molecule has 2 heteroatoms. The average Bonchev–Trinajstić information content (AvgIpc) is 2.38. The van der Waals surface area contributed by atoms with Gasteiger partial charge in [0.05, 0.1) is 7.11 Å². The maximum atomic E-state index is 5.28. The lowest BCUT2D eigenvalue weighted by Crippen LogP contribution is -1.95. The number of benzene rings is 1. The first-order valence-corrected chi connectivity index (χ1v) is 6.76. The molecule has 0 aliphatic rings. The molecule has 0 radical (unpaired) electrons. The summed E-state index contributed by atoms with van der Waals surface area (Å²) < 4.78 is 9.97. The lowest BCUT2D eigenvalue weighted by molar-refractivity contribution is 0.199. The van der Waals surface area contributed by atoms with E-state index in [1.807, 2.05) is 12.1 Å². The predicted molar refractivity (Wildman–Crippen MR) is 78.3 cm³/mol. The number of aryl methyl sites for hydroxylation is 1. The van der Waals surface area contributed by atoms with Gasteiger partial charge in [0, 0.05) is 13.7 Å². The molecule has 0 saturated heterocycles. The van der Waals surface area contributed by atoms with E-state index in [0.29, 0.717) is 0 Å². The molecular formula is C16H28O2. The zero-order valence-electron chi connectivity index (χ0n) is 12.5. The second-order valence-electron chi connectivity index (χ2n) is 4.74. The fraction of sp³-hybridized carbons (Fsp3) is 0.625. The molecule has 0 atom stereocenters. The summed E-state index contributed by atoms with van der Waals surface area (Å²) in [6, 6.07) is 8.24. The largest absolute Gasteiger partial charge is 0.496 e. The first kappa shape index (κ1) is 17.0. The van der Waals surface area contributed by atoms with E-state index in [1.165, 1.54) is 12.0 Å². The van der Waals surface area contributed by atoms with Gasteiger partial charge in [0.2, 0.25) is 0 Å². The van der Waals surface area contributed by atoms with Crippen molar-refractivity contribution in [2.45, 2.75) is 40.0 Å². The van der Waals surface area contributed by atoms with Crippen LogP contribution in [0.15, 0.2) is 24.3 Å². The Morgan fingerprint density at radius 1 is 1.11 bits per heavy atom. The number of para-hydroxylation sites is 1. The zero-order chi connectivity index (χ0) is 13.8. The van der Waals surface area contributed by atoms with Crippen molar-refractivity contribution in [2.75, 3.05) is 20.8 Å². The molecule has 0 saturated carbocycles. The summed E-state index contributed by atoms with van der Waals surface area (Å²) >= 11 is 0. The molecule has 0 spiro atoms. The van der Waals surface area contributed by atoms with E-state index in [1.54, 1.807) is 14.2 Å². The van der Waals surface area contributed by atoms with Crippen LogP contribution in [0.5, 0.6) is 5.75 Å². The van der Waals surface area contributed by atoms with Crippen molar-refractivity contribution < 1.29 is 9.47 Å². The molecule has 0 fully saturated rings. The maximum absolute atomic E-state index is 5.28. The van der Waals surface area contributed by atoms with Crippen LogP contribution >= 0.6 is 0 Å². The normalized spacial score (nSPS) is 9.89. The summed E-state index contributed by atoms with van der Waals surface area (Å²) in [6.07, 6.45) is 3.46. The van der Waals surface area contributed by atoms with Gasteiger partial charge in [-0.15, -0.1) is 0 Å². The summed E-state index contributed by atoms with van der Waals surface area (Å²) in [5.41, 5.74) is 1.32. The Morgan fingerprint density at radius 2 is 1.78 bits per heavy atom. The molecule has 1 rings (SSSR count). The van der Waals surface area contributed by atoms with Gasteiger partial charge in [-0.3, -0.25) is 0 Å². The predicted octanol–water partition coefficient (Wildman–Crippen LogP) is 4.33. The smallest absolute Gasteiger partial charge is 0.122 e. The number of hydrogen-bond acceptors (Lipinski definition) is 2. The standard InChI is InChI=1S/C12H18O.C4H10O/c1-10(2)8-9-11-6-4-5-7-12(11)13-3;1-3-4-5-2/h4-7,10H,8-9H2,1-3H3;3-4H2,1-2H3. The third kappa shape index (κ3) is 8.13. The Labute approximate surface area is 112 Å². The summed E-state index contributed by atoms with van der Waals surface area (Å²) in [4.78, 5) is 0. The van der Waals surface area contributed by atoms with Crippen molar-refractivity contribution in [1.82, 2.24) is 0 Å². The van der Waals surface area contributed by atoms with E-state index in [0.717, 1.165) is 31.1 Å². The SMILES string of the molecule is CCCOC.COc1ccccc1CCC(C)C. The van der Waals surface area contributed by atoms with Crippen LogP contribution in [0, 0.1) is 5.92 Å². The molecule has 0 heterocycles. The number of methoxy groups -OCH3 is 2. The van der Waals surface area contributed by atoms with Crippen LogP contribution in [0.25, 0.3) is 0 Å². The Balaban J connectivity index is 0.000000494. The number of ether oxygens (including phenoxy) is 2. The highest BCUT2D eigenvalue weighted by molar-refractivity contribution is 5.33. The summed E-state index contributed by atoms with van der Waals surface area (Å²) in [5.74, 6) is 1.77. The van der Waals surface area contributed by atoms with Crippen molar-refractivity contribution in [2.24, 2.45) is 5.92 Å². The van der Waals surface area contributed by atoms with Crippen molar-refractivity contribution in [3.8, 4) is 5.75 Å². The molecule has 0 N–H and O–H groups in total. The Kier molecular flexibility index (Phi) is 10.5. The topological polar surface area (TPSA) is 18.5 Å². The van der Waals surface area contributed by atoms with E-state index >= 15 is 0 Å². The van der Waals surface area contributed by atoms with Crippen LogP contribution in [0.4, 0.5) is 0 Å². The molecule has 1 aromatic rings. The molecule has 2 nitrogen and oxygen atoms in total. The van der Waals surface area contributed by atoms with Crippen LogP contribution in [-0.4, -0.2) is 20.8 Å². The Morgan fingerprint density at radius 3 is 2.22 bits per heavy atom. The van der Waals surface area contributed by atoms with Crippen LogP contribution in [0.1, 0.15) is 39.2 Å². The van der Waals surface area contributed by atoms with Crippen molar-refractivity contribution in [3.63, 3.8) is 0 Å². The summed E-state index contributed by atoms with van der Waals surface area (Å²) in [7, 11) is 3.44. The molecule has 1 aromatic carbocycles. The summed E-state index contributed by atoms with van der Waals surface area (Å²) in [5, 5.41) is 0. The lowest BCUT2D eigenvalue weighted by atomic mass is 10.0.